The van der Waals surface area contributed by atoms with E-state index in [2.05, 4.69) is 16.0 Å². The summed E-state index contributed by atoms with van der Waals surface area (Å²) in [6, 6.07) is -3.74. The maximum absolute atomic E-state index is 12.3. The zero-order valence-corrected chi connectivity index (χ0v) is 16.1. The summed E-state index contributed by atoms with van der Waals surface area (Å²) < 4.78 is 0. The Hall–Kier alpha value is -3.22. The van der Waals surface area contributed by atoms with Crippen LogP contribution < -0.4 is 27.4 Å². The number of primary amides is 1. The summed E-state index contributed by atoms with van der Waals surface area (Å²) in [5.41, 5.74) is 10.5. The van der Waals surface area contributed by atoms with Gasteiger partial charge in [-0.3, -0.25) is 24.0 Å². The third-order valence-electron chi connectivity index (χ3n) is 3.71. The molecule has 0 aromatic rings. The van der Waals surface area contributed by atoms with E-state index < -0.39 is 79.0 Å². The van der Waals surface area contributed by atoms with E-state index in [1.54, 1.807) is 13.8 Å². The zero-order valence-electron chi connectivity index (χ0n) is 16.1. The van der Waals surface area contributed by atoms with Crippen LogP contribution >= 0.6 is 0 Å². The number of hydrogen-bond donors (Lipinski definition) is 7. The van der Waals surface area contributed by atoms with Crippen molar-refractivity contribution in [1.82, 2.24) is 16.0 Å². The molecule has 0 fully saturated rings. The molecule has 13 heteroatoms. The highest BCUT2D eigenvalue weighted by atomic mass is 16.4. The summed E-state index contributed by atoms with van der Waals surface area (Å²) >= 11 is 0. The first-order valence-electron chi connectivity index (χ1n) is 8.71. The van der Waals surface area contributed by atoms with E-state index in [1.807, 2.05) is 0 Å². The van der Waals surface area contributed by atoms with Gasteiger partial charge in [0.1, 0.15) is 12.1 Å². The molecule has 0 bridgehead atoms. The highest BCUT2D eigenvalue weighted by molar-refractivity contribution is 5.94. The number of carbonyl (C=O) groups is 6. The molecule has 4 amide bonds. The predicted molar refractivity (Wildman–Crippen MR) is 98.0 cm³/mol. The topological polar surface area (TPSA) is 231 Å². The lowest BCUT2D eigenvalue weighted by Gasteiger charge is -2.23. The predicted octanol–water partition coefficient (Wildman–Crippen LogP) is -3.12. The van der Waals surface area contributed by atoms with Crippen LogP contribution in [0.4, 0.5) is 0 Å². The van der Waals surface area contributed by atoms with Gasteiger partial charge in [-0.2, -0.15) is 0 Å². The van der Waals surface area contributed by atoms with Crippen LogP contribution in [-0.2, 0) is 28.8 Å². The summed E-state index contributed by atoms with van der Waals surface area (Å²) in [5.74, 6) is -6.18. The van der Waals surface area contributed by atoms with Crippen molar-refractivity contribution in [2.45, 2.75) is 51.2 Å². The Morgan fingerprint density at radius 1 is 0.966 bits per heavy atom. The molecule has 13 nitrogen and oxygen atoms in total. The number of nitrogens with one attached hydrogen (secondary N) is 3. The zero-order chi connectivity index (χ0) is 22.7. The molecule has 164 valence electrons. The van der Waals surface area contributed by atoms with E-state index in [-0.39, 0.29) is 6.42 Å². The Kier molecular flexibility index (Phi) is 10.9. The van der Waals surface area contributed by atoms with Crippen molar-refractivity contribution in [3.05, 3.63) is 0 Å². The molecule has 0 saturated carbocycles. The Bertz CT molecular complexity index is 651. The fraction of sp³-hybridized carbons (Fsp3) is 0.625. The highest BCUT2D eigenvalue weighted by Gasteiger charge is 2.28. The standard InChI is InChI=1S/C16H27N5O8/c1-7(2)13(21-14(26)8(17)5-10(18)22)15(27)19-6-11(23)20-9(16(28)29)3-4-12(24)25/h7-9,13H,3-6,17H2,1-2H3,(H2,18,22)(H,19,27)(H,20,23)(H,21,26)(H,24,25)(H,28,29). The third-order valence-corrected chi connectivity index (χ3v) is 3.71. The number of amides is 4. The van der Waals surface area contributed by atoms with Crippen molar-refractivity contribution in [3.63, 3.8) is 0 Å². The van der Waals surface area contributed by atoms with Crippen molar-refractivity contribution in [3.8, 4) is 0 Å². The Morgan fingerprint density at radius 3 is 2.00 bits per heavy atom. The quantitative estimate of drug-likeness (QED) is 0.160. The fourth-order valence-electron chi connectivity index (χ4n) is 2.15. The minimum absolute atomic E-state index is 0.327. The van der Waals surface area contributed by atoms with E-state index >= 15 is 0 Å². The van der Waals surface area contributed by atoms with Crippen LogP contribution in [0.1, 0.15) is 33.1 Å². The first-order valence-corrected chi connectivity index (χ1v) is 8.71. The van der Waals surface area contributed by atoms with Crippen LogP contribution in [0.3, 0.4) is 0 Å². The molecule has 0 aliphatic heterocycles. The van der Waals surface area contributed by atoms with Gasteiger partial charge in [0.25, 0.3) is 0 Å². The van der Waals surface area contributed by atoms with Crippen molar-refractivity contribution in [1.29, 1.82) is 0 Å². The summed E-state index contributed by atoms with van der Waals surface area (Å²) in [6.07, 6.45) is -1.20. The molecule has 0 heterocycles. The van der Waals surface area contributed by atoms with Gasteiger partial charge in [0.05, 0.1) is 19.0 Å². The molecule has 0 saturated heterocycles. The van der Waals surface area contributed by atoms with Gasteiger partial charge in [-0.05, 0) is 12.3 Å². The van der Waals surface area contributed by atoms with E-state index in [0.717, 1.165) is 0 Å². The van der Waals surface area contributed by atoms with Crippen molar-refractivity contribution < 1.29 is 39.0 Å². The Balaban J connectivity index is 4.76. The lowest BCUT2D eigenvalue weighted by molar-refractivity contribution is -0.143. The second-order valence-corrected chi connectivity index (χ2v) is 6.62. The van der Waals surface area contributed by atoms with Crippen LogP contribution in [0, 0.1) is 5.92 Å². The summed E-state index contributed by atoms with van der Waals surface area (Å²) in [5, 5.41) is 24.3. The SMILES string of the molecule is CC(C)C(NC(=O)C(N)CC(N)=O)C(=O)NCC(=O)NC(CCC(=O)O)C(=O)O. The molecule has 0 aromatic carbocycles. The van der Waals surface area contributed by atoms with E-state index in [4.69, 9.17) is 21.7 Å². The van der Waals surface area contributed by atoms with Crippen molar-refractivity contribution >= 4 is 35.6 Å². The second kappa shape index (κ2) is 12.3. The van der Waals surface area contributed by atoms with Crippen LogP contribution in [-0.4, -0.2) is 70.5 Å². The van der Waals surface area contributed by atoms with Crippen LogP contribution in [0.15, 0.2) is 0 Å². The van der Waals surface area contributed by atoms with Crippen LogP contribution in [0.25, 0.3) is 0 Å². The lowest BCUT2D eigenvalue weighted by atomic mass is 10.0. The molecule has 29 heavy (non-hydrogen) atoms. The van der Waals surface area contributed by atoms with E-state index in [0.29, 0.717) is 0 Å². The summed E-state index contributed by atoms with van der Waals surface area (Å²) in [6.45, 7) is 2.65. The van der Waals surface area contributed by atoms with Gasteiger partial charge < -0.3 is 37.6 Å². The summed E-state index contributed by atoms with van der Waals surface area (Å²) in [4.78, 5) is 68.5. The van der Waals surface area contributed by atoms with E-state index in [1.165, 1.54) is 0 Å². The molecular weight excluding hydrogens is 390 g/mol. The van der Waals surface area contributed by atoms with Crippen molar-refractivity contribution in [2.24, 2.45) is 17.4 Å². The van der Waals surface area contributed by atoms with Gasteiger partial charge in [0.2, 0.25) is 23.6 Å². The van der Waals surface area contributed by atoms with Gasteiger partial charge in [-0.15, -0.1) is 0 Å². The Morgan fingerprint density at radius 2 is 1.55 bits per heavy atom. The van der Waals surface area contributed by atoms with Gasteiger partial charge >= 0.3 is 11.9 Å². The number of rotatable bonds is 13. The maximum atomic E-state index is 12.3. The van der Waals surface area contributed by atoms with Gasteiger partial charge in [-0.1, -0.05) is 13.8 Å². The molecule has 0 aliphatic carbocycles. The largest absolute Gasteiger partial charge is 0.481 e. The monoisotopic (exact) mass is 417 g/mol. The molecule has 0 spiro atoms. The average molecular weight is 417 g/mol. The first-order chi connectivity index (χ1) is 13.3. The van der Waals surface area contributed by atoms with Gasteiger partial charge in [0, 0.05) is 6.42 Å². The summed E-state index contributed by atoms with van der Waals surface area (Å²) in [7, 11) is 0. The molecule has 3 atom stereocenters. The lowest BCUT2D eigenvalue weighted by Crippen LogP contribution is -2.55. The van der Waals surface area contributed by atoms with Crippen LogP contribution in [0.2, 0.25) is 0 Å². The van der Waals surface area contributed by atoms with Gasteiger partial charge in [-0.25, -0.2) is 4.79 Å². The van der Waals surface area contributed by atoms with Crippen LogP contribution in [0.5, 0.6) is 0 Å². The number of carboxylic acids is 2. The van der Waals surface area contributed by atoms with E-state index in [9.17, 15) is 28.8 Å². The van der Waals surface area contributed by atoms with Gasteiger partial charge in [0.15, 0.2) is 0 Å². The normalized spacial score (nSPS) is 13.7. The third kappa shape index (κ3) is 10.6. The molecular formula is C16H27N5O8. The first kappa shape index (κ1) is 25.8. The Labute approximate surface area is 166 Å². The molecule has 0 radical (unpaired) electrons. The number of hydrogen-bond acceptors (Lipinski definition) is 7. The number of aliphatic carboxylic acids is 2. The minimum atomic E-state index is -1.43. The molecule has 0 aliphatic rings. The molecule has 9 N–H and O–H groups in total. The second-order valence-electron chi connectivity index (χ2n) is 6.62. The fourth-order valence-corrected chi connectivity index (χ4v) is 2.15. The van der Waals surface area contributed by atoms with Crippen molar-refractivity contribution in [2.75, 3.05) is 6.54 Å². The number of carbonyl (C=O) groups excluding carboxylic acids is 4. The minimum Gasteiger partial charge on any atom is -0.481 e. The number of nitrogens with two attached hydrogens (primary N) is 2. The maximum Gasteiger partial charge on any atom is 0.326 e. The molecule has 0 rings (SSSR count). The average Bonchev–Trinajstić information content (AvgIpc) is 2.59. The molecule has 3 unspecified atom stereocenters. The highest BCUT2D eigenvalue weighted by Crippen LogP contribution is 2.03. The molecule has 0 aromatic heterocycles. The smallest absolute Gasteiger partial charge is 0.326 e. The number of carboxylic acid groups (broad SMARTS) is 2.